The summed E-state index contributed by atoms with van der Waals surface area (Å²) in [4.78, 5) is 23.5. The van der Waals surface area contributed by atoms with Crippen LogP contribution in [0.4, 0.5) is 0 Å². The lowest BCUT2D eigenvalue weighted by Gasteiger charge is -2.11. The maximum atomic E-state index is 11.8. The van der Waals surface area contributed by atoms with Gasteiger partial charge in [-0.1, -0.05) is 19.9 Å². The predicted molar refractivity (Wildman–Crippen MR) is 113 cm³/mol. The molecule has 1 aromatic carbocycles. The van der Waals surface area contributed by atoms with Crippen LogP contribution in [0.25, 0.3) is 5.69 Å². The fourth-order valence-corrected chi connectivity index (χ4v) is 2.92. The van der Waals surface area contributed by atoms with E-state index in [1.165, 1.54) is 11.1 Å². The van der Waals surface area contributed by atoms with Gasteiger partial charge in [0.05, 0.1) is 6.21 Å². The Kier molecular flexibility index (Phi) is 7.15. The van der Waals surface area contributed by atoms with E-state index in [9.17, 15) is 9.59 Å². The second kappa shape index (κ2) is 9.35. The van der Waals surface area contributed by atoms with Crippen molar-refractivity contribution in [3.63, 3.8) is 0 Å². The molecule has 1 heterocycles. The summed E-state index contributed by atoms with van der Waals surface area (Å²) in [6.45, 7) is 12.8. The third-order valence-corrected chi connectivity index (χ3v) is 4.64. The van der Waals surface area contributed by atoms with Gasteiger partial charge in [-0.15, -0.1) is 0 Å². The zero-order valence-corrected chi connectivity index (χ0v) is 17.6. The van der Waals surface area contributed by atoms with Gasteiger partial charge in [0.2, 0.25) is 11.8 Å². The Morgan fingerprint density at radius 3 is 2.43 bits per heavy atom. The number of amides is 2. The molecule has 0 fully saturated rings. The van der Waals surface area contributed by atoms with E-state index in [1.807, 2.05) is 33.8 Å². The van der Waals surface area contributed by atoms with Crippen LogP contribution < -0.4 is 10.7 Å². The molecule has 0 aliphatic carbocycles. The number of nitrogens with zero attached hydrogens (tertiary/aromatic N) is 2. The van der Waals surface area contributed by atoms with Crippen molar-refractivity contribution in [1.82, 2.24) is 15.3 Å². The first kappa shape index (κ1) is 21.4. The summed E-state index contributed by atoms with van der Waals surface area (Å²) in [7, 11) is 0. The maximum absolute atomic E-state index is 11.8. The molecule has 0 unspecified atom stereocenters. The quantitative estimate of drug-likeness (QED) is 0.438. The molecule has 150 valence electrons. The number of carbonyl (C=O) groups excluding carboxylic acids is 2. The highest BCUT2D eigenvalue weighted by Gasteiger charge is 2.11. The van der Waals surface area contributed by atoms with E-state index in [-0.39, 0.29) is 12.3 Å². The SMILES string of the molecule is Cc1ccc(-n2c(C)cc(/C=N/NC(=O)CC(=O)NCC(C)C)c2C)cc1C. The molecule has 6 heteroatoms. The van der Waals surface area contributed by atoms with Crippen molar-refractivity contribution in [2.24, 2.45) is 11.0 Å². The number of hydrogen-bond acceptors (Lipinski definition) is 3. The number of carbonyl (C=O) groups is 2. The zero-order chi connectivity index (χ0) is 20.8. The number of nitrogens with one attached hydrogen (secondary N) is 2. The topological polar surface area (TPSA) is 75.5 Å². The first-order valence-electron chi connectivity index (χ1n) is 9.54. The molecule has 0 atom stereocenters. The predicted octanol–water partition coefficient (Wildman–Crippen LogP) is 3.32. The standard InChI is InChI=1S/C22H30N4O2/c1-14(2)12-23-21(27)11-22(28)25-24-13-19-10-17(5)26(18(19)6)20-8-7-15(3)16(4)9-20/h7-10,13-14H,11-12H2,1-6H3,(H,23,27)(H,25,28)/b24-13+. The van der Waals surface area contributed by atoms with Gasteiger partial charge in [0, 0.05) is 29.2 Å². The van der Waals surface area contributed by atoms with E-state index in [4.69, 9.17) is 0 Å². The highest BCUT2D eigenvalue weighted by atomic mass is 16.2. The Morgan fingerprint density at radius 2 is 1.79 bits per heavy atom. The molecular formula is C22H30N4O2. The number of aromatic nitrogens is 1. The van der Waals surface area contributed by atoms with Crippen molar-refractivity contribution in [2.45, 2.75) is 48.0 Å². The number of benzene rings is 1. The van der Waals surface area contributed by atoms with Crippen LogP contribution in [0.2, 0.25) is 0 Å². The van der Waals surface area contributed by atoms with Gasteiger partial charge in [-0.25, -0.2) is 5.43 Å². The molecule has 0 bridgehead atoms. The van der Waals surface area contributed by atoms with Gasteiger partial charge in [-0.3, -0.25) is 9.59 Å². The third kappa shape index (κ3) is 5.55. The van der Waals surface area contributed by atoms with Gasteiger partial charge in [0.1, 0.15) is 6.42 Å². The highest BCUT2D eigenvalue weighted by Crippen LogP contribution is 2.21. The van der Waals surface area contributed by atoms with Crippen molar-refractivity contribution >= 4 is 18.0 Å². The van der Waals surface area contributed by atoms with Crippen LogP contribution in [-0.4, -0.2) is 29.1 Å². The summed E-state index contributed by atoms with van der Waals surface area (Å²) >= 11 is 0. The fourth-order valence-electron chi connectivity index (χ4n) is 2.92. The van der Waals surface area contributed by atoms with Crippen molar-refractivity contribution in [2.75, 3.05) is 6.54 Å². The van der Waals surface area contributed by atoms with E-state index in [0.717, 1.165) is 22.6 Å². The van der Waals surface area contributed by atoms with Gasteiger partial charge in [0.15, 0.2) is 0 Å². The molecule has 1 aromatic heterocycles. The molecule has 2 aromatic rings. The van der Waals surface area contributed by atoms with Crippen molar-refractivity contribution in [3.8, 4) is 5.69 Å². The van der Waals surface area contributed by atoms with Gasteiger partial charge in [0.25, 0.3) is 0 Å². The molecule has 2 rings (SSSR count). The van der Waals surface area contributed by atoms with Crippen LogP contribution in [-0.2, 0) is 9.59 Å². The number of hydrogen-bond donors (Lipinski definition) is 2. The maximum Gasteiger partial charge on any atom is 0.249 e. The third-order valence-electron chi connectivity index (χ3n) is 4.64. The Hall–Kier alpha value is -2.89. The lowest BCUT2D eigenvalue weighted by Crippen LogP contribution is -2.32. The summed E-state index contributed by atoms with van der Waals surface area (Å²) < 4.78 is 2.16. The molecule has 0 spiro atoms. The second-order valence-corrected chi connectivity index (χ2v) is 7.60. The summed E-state index contributed by atoms with van der Waals surface area (Å²) in [5.41, 5.74) is 9.06. The Labute approximate surface area is 167 Å². The molecule has 0 aliphatic rings. The minimum Gasteiger partial charge on any atom is -0.355 e. The van der Waals surface area contributed by atoms with Crippen LogP contribution in [0.15, 0.2) is 29.4 Å². The molecule has 2 N–H and O–H groups in total. The largest absolute Gasteiger partial charge is 0.355 e. The Bertz CT molecular complexity index is 894. The Morgan fingerprint density at radius 1 is 1.07 bits per heavy atom. The summed E-state index contributed by atoms with van der Waals surface area (Å²) in [5, 5.41) is 6.73. The molecule has 0 aliphatic heterocycles. The molecule has 0 radical (unpaired) electrons. The van der Waals surface area contributed by atoms with Gasteiger partial charge < -0.3 is 9.88 Å². The summed E-state index contributed by atoms with van der Waals surface area (Å²) in [6.07, 6.45) is 1.38. The lowest BCUT2D eigenvalue weighted by molar-refractivity contribution is -0.129. The van der Waals surface area contributed by atoms with E-state index in [0.29, 0.717) is 12.5 Å². The van der Waals surface area contributed by atoms with Gasteiger partial charge in [-0.2, -0.15) is 5.10 Å². The van der Waals surface area contributed by atoms with Gasteiger partial charge >= 0.3 is 0 Å². The fraction of sp³-hybridized carbons (Fsp3) is 0.409. The molecule has 2 amide bonds. The number of rotatable bonds is 7. The van der Waals surface area contributed by atoms with E-state index < -0.39 is 5.91 Å². The highest BCUT2D eigenvalue weighted by molar-refractivity contribution is 5.97. The smallest absolute Gasteiger partial charge is 0.249 e. The number of hydrazone groups is 1. The van der Waals surface area contributed by atoms with Crippen molar-refractivity contribution in [3.05, 3.63) is 52.3 Å². The minimum absolute atomic E-state index is 0.230. The van der Waals surface area contributed by atoms with Crippen LogP contribution >= 0.6 is 0 Å². The van der Waals surface area contributed by atoms with Crippen LogP contribution in [0.5, 0.6) is 0 Å². The van der Waals surface area contributed by atoms with E-state index in [2.05, 4.69) is 52.5 Å². The monoisotopic (exact) mass is 382 g/mol. The van der Waals surface area contributed by atoms with Crippen LogP contribution in [0.1, 0.15) is 48.3 Å². The average Bonchev–Trinajstić information content (AvgIpc) is 2.89. The van der Waals surface area contributed by atoms with E-state index >= 15 is 0 Å². The van der Waals surface area contributed by atoms with Crippen molar-refractivity contribution in [1.29, 1.82) is 0 Å². The minimum atomic E-state index is -0.430. The van der Waals surface area contributed by atoms with Gasteiger partial charge in [-0.05, 0) is 62.9 Å². The lowest BCUT2D eigenvalue weighted by atomic mass is 10.1. The Balaban J connectivity index is 2.04. The first-order chi connectivity index (χ1) is 13.2. The molecule has 6 nitrogen and oxygen atoms in total. The first-order valence-corrected chi connectivity index (χ1v) is 9.54. The van der Waals surface area contributed by atoms with Crippen LogP contribution in [0, 0.1) is 33.6 Å². The van der Waals surface area contributed by atoms with Crippen LogP contribution in [0.3, 0.4) is 0 Å². The molecule has 0 saturated carbocycles. The average molecular weight is 383 g/mol. The second-order valence-electron chi connectivity index (χ2n) is 7.60. The summed E-state index contributed by atoms with van der Waals surface area (Å²) in [6, 6.07) is 8.39. The van der Waals surface area contributed by atoms with Crippen molar-refractivity contribution < 1.29 is 9.59 Å². The molecular weight excluding hydrogens is 352 g/mol. The van der Waals surface area contributed by atoms with E-state index in [1.54, 1.807) is 6.21 Å². The number of aryl methyl sites for hydroxylation is 3. The molecule has 28 heavy (non-hydrogen) atoms. The summed E-state index contributed by atoms with van der Waals surface area (Å²) in [5.74, 6) is -0.382. The zero-order valence-electron chi connectivity index (χ0n) is 17.6. The molecule has 0 saturated heterocycles. The normalized spacial score (nSPS) is 11.2.